The van der Waals surface area contributed by atoms with Crippen LogP contribution in [0.3, 0.4) is 0 Å². The summed E-state index contributed by atoms with van der Waals surface area (Å²) in [6.07, 6.45) is 1.30. The molecule has 0 radical (unpaired) electrons. The molecule has 0 fully saturated rings. The number of aromatic nitrogens is 2. The van der Waals surface area contributed by atoms with Crippen molar-refractivity contribution in [2.45, 2.75) is 37.6 Å². The molecule has 1 atom stereocenters. The van der Waals surface area contributed by atoms with Crippen molar-refractivity contribution in [1.82, 2.24) is 14.7 Å². The second kappa shape index (κ2) is 6.93. The molecule has 0 aliphatic heterocycles. The van der Waals surface area contributed by atoms with Crippen LogP contribution in [0.15, 0.2) is 44.8 Å². The van der Waals surface area contributed by atoms with Gasteiger partial charge >= 0.3 is 5.69 Å². The molecular weight excluding hydrogens is 318 g/mol. The first-order chi connectivity index (χ1) is 10.8. The monoisotopic (exact) mass is 337 g/mol. The summed E-state index contributed by atoms with van der Waals surface area (Å²) in [5.41, 5.74) is -0.532. The van der Waals surface area contributed by atoms with E-state index in [9.17, 15) is 18.0 Å². The maximum Gasteiger partial charge on any atom is 0.325 e. The number of hydrogen-bond donors (Lipinski definition) is 3. The standard InChI is InChI=1S/C15H19N3O4S/c1-10(8-9-12-6-4-3-5-7-12)18-23(21,22)13-11(2)16-15(20)17-14(13)19/h3-7,10,18H,8-9H2,1-2H3,(H2,16,17,19,20)/t10-/m1/s1. The molecule has 3 N–H and O–H groups in total. The van der Waals surface area contributed by atoms with Crippen LogP contribution in [0.25, 0.3) is 0 Å². The fraction of sp³-hybridized carbons (Fsp3) is 0.333. The van der Waals surface area contributed by atoms with Gasteiger partial charge in [-0.05, 0) is 32.3 Å². The molecule has 1 heterocycles. The molecule has 2 aromatic rings. The lowest BCUT2D eigenvalue weighted by Crippen LogP contribution is -2.38. The van der Waals surface area contributed by atoms with E-state index < -0.39 is 26.2 Å². The van der Waals surface area contributed by atoms with Crippen LogP contribution in [0.1, 0.15) is 24.6 Å². The predicted molar refractivity (Wildman–Crippen MR) is 87.0 cm³/mol. The number of hydrogen-bond acceptors (Lipinski definition) is 4. The largest absolute Gasteiger partial charge is 0.325 e. The highest BCUT2D eigenvalue weighted by Gasteiger charge is 2.23. The summed E-state index contributed by atoms with van der Waals surface area (Å²) in [4.78, 5) is 26.7. The van der Waals surface area contributed by atoms with Crippen molar-refractivity contribution >= 4 is 10.0 Å². The second-order valence-electron chi connectivity index (χ2n) is 5.41. The Hall–Kier alpha value is -2.19. The molecule has 0 aliphatic rings. The third kappa shape index (κ3) is 4.40. The van der Waals surface area contributed by atoms with Crippen molar-refractivity contribution in [3.8, 4) is 0 Å². The summed E-state index contributed by atoms with van der Waals surface area (Å²) in [5.74, 6) is 0. The van der Waals surface area contributed by atoms with E-state index in [4.69, 9.17) is 0 Å². The molecule has 1 aromatic heterocycles. The Balaban J connectivity index is 2.12. The summed E-state index contributed by atoms with van der Waals surface area (Å²) in [6.45, 7) is 3.11. The van der Waals surface area contributed by atoms with Gasteiger partial charge in [0.15, 0.2) is 4.90 Å². The fourth-order valence-corrected chi connectivity index (χ4v) is 3.84. The summed E-state index contributed by atoms with van der Waals surface area (Å²) in [6, 6.07) is 9.35. The van der Waals surface area contributed by atoms with Crippen molar-refractivity contribution in [3.05, 3.63) is 62.4 Å². The van der Waals surface area contributed by atoms with Crippen molar-refractivity contribution in [2.75, 3.05) is 0 Å². The molecule has 8 heteroatoms. The Morgan fingerprint density at radius 3 is 2.39 bits per heavy atom. The maximum atomic E-state index is 12.4. The van der Waals surface area contributed by atoms with Gasteiger partial charge in [0.1, 0.15) is 0 Å². The van der Waals surface area contributed by atoms with Crippen molar-refractivity contribution in [2.24, 2.45) is 0 Å². The van der Waals surface area contributed by atoms with Gasteiger partial charge in [0, 0.05) is 11.7 Å². The Bertz CT molecular complexity index is 885. The highest BCUT2D eigenvalue weighted by molar-refractivity contribution is 7.89. The number of aromatic amines is 2. The number of benzene rings is 1. The number of rotatable bonds is 6. The van der Waals surface area contributed by atoms with Crippen molar-refractivity contribution in [3.63, 3.8) is 0 Å². The molecule has 2 rings (SSSR count). The molecule has 0 aliphatic carbocycles. The first-order valence-corrected chi connectivity index (χ1v) is 8.67. The number of nitrogens with one attached hydrogen (secondary N) is 3. The van der Waals surface area contributed by atoms with E-state index in [-0.39, 0.29) is 11.7 Å². The summed E-state index contributed by atoms with van der Waals surface area (Å²) in [5, 5.41) is 0. The lowest BCUT2D eigenvalue weighted by atomic mass is 10.1. The van der Waals surface area contributed by atoms with Crippen LogP contribution >= 0.6 is 0 Å². The van der Waals surface area contributed by atoms with Crippen LogP contribution in [0.5, 0.6) is 0 Å². The summed E-state index contributed by atoms with van der Waals surface area (Å²) in [7, 11) is -4.01. The van der Waals surface area contributed by atoms with Crippen LogP contribution in [-0.4, -0.2) is 24.4 Å². The van der Waals surface area contributed by atoms with Crippen LogP contribution in [0, 0.1) is 6.92 Å². The minimum atomic E-state index is -4.01. The second-order valence-corrected chi connectivity index (χ2v) is 7.06. The van der Waals surface area contributed by atoms with Crippen molar-refractivity contribution < 1.29 is 8.42 Å². The maximum absolute atomic E-state index is 12.4. The molecule has 0 bridgehead atoms. The van der Waals surface area contributed by atoms with Gasteiger partial charge in [-0.3, -0.25) is 9.78 Å². The lowest BCUT2D eigenvalue weighted by Gasteiger charge is -2.14. The van der Waals surface area contributed by atoms with Gasteiger partial charge in [-0.1, -0.05) is 30.3 Å². The van der Waals surface area contributed by atoms with Crippen LogP contribution in [0.2, 0.25) is 0 Å². The van der Waals surface area contributed by atoms with Crippen LogP contribution in [-0.2, 0) is 16.4 Å². The summed E-state index contributed by atoms with van der Waals surface area (Å²) < 4.78 is 27.2. The van der Waals surface area contributed by atoms with Gasteiger partial charge in [-0.15, -0.1) is 0 Å². The molecule has 1 aromatic carbocycles. The number of aryl methyl sites for hydroxylation is 2. The normalized spacial score (nSPS) is 13.0. The van der Waals surface area contributed by atoms with E-state index in [1.807, 2.05) is 35.3 Å². The van der Waals surface area contributed by atoms with E-state index in [2.05, 4.69) is 9.71 Å². The zero-order chi connectivity index (χ0) is 17.0. The van der Waals surface area contributed by atoms with E-state index in [0.717, 1.165) is 5.56 Å². The molecule has 124 valence electrons. The smallest absolute Gasteiger partial charge is 0.310 e. The summed E-state index contributed by atoms with van der Waals surface area (Å²) >= 11 is 0. The zero-order valence-corrected chi connectivity index (χ0v) is 13.7. The molecule has 0 amide bonds. The van der Waals surface area contributed by atoms with Gasteiger partial charge < -0.3 is 4.98 Å². The molecule has 0 saturated carbocycles. The van der Waals surface area contributed by atoms with Gasteiger partial charge in [-0.25, -0.2) is 17.9 Å². The third-order valence-corrected chi connectivity index (χ3v) is 5.15. The third-order valence-electron chi connectivity index (χ3n) is 3.41. The molecular formula is C15H19N3O4S. The Labute approximate surface area is 133 Å². The van der Waals surface area contributed by atoms with E-state index >= 15 is 0 Å². The first kappa shape index (κ1) is 17.2. The fourth-order valence-electron chi connectivity index (χ4n) is 2.32. The average molecular weight is 337 g/mol. The lowest BCUT2D eigenvalue weighted by molar-refractivity contribution is 0.544. The van der Waals surface area contributed by atoms with Gasteiger partial charge in [0.25, 0.3) is 5.56 Å². The Morgan fingerprint density at radius 1 is 1.13 bits per heavy atom. The van der Waals surface area contributed by atoms with Gasteiger partial charge in [0.05, 0.1) is 0 Å². The number of H-pyrrole nitrogens is 2. The Morgan fingerprint density at radius 2 is 1.78 bits per heavy atom. The minimum absolute atomic E-state index is 0.0153. The van der Waals surface area contributed by atoms with Crippen molar-refractivity contribution in [1.29, 1.82) is 0 Å². The first-order valence-electron chi connectivity index (χ1n) is 7.19. The van der Waals surface area contributed by atoms with E-state index in [1.54, 1.807) is 6.92 Å². The molecule has 0 unspecified atom stereocenters. The van der Waals surface area contributed by atoms with Gasteiger partial charge in [-0.2, -0.15) is 0 Å². The highest BCUT2D eigenvalue weighted by atomic mass is 32.2. The van der Waals surface area contributed by atoms with Crippen LogP contribution < -0.4 is 16.0 Å². The zero-order valence-electron chi connectivity index (χ0n) is 12.9. The van der Waals surface area contributed by atoms with Gasteiger partial charge in [0.2, 0.25) is 10.0 Å². The Kier molecular flexibility index (Phi) is 5.17. The molecule has 23 heavy (non-hydrogen) atoms. The van der Waals surface area contributed by atoms with E-state index in [0.29, 0.717) is 12.8 Å². The minimum Gasteiger partial charge on any atom is -0.310 e. The average Bonchev–Trinajstić information content (AvgIpc) is 2.44. The number of sulfonamides is 1. The SMILES string of the molecule is Cc1[nH]c(=O)[nH]c(=O)c1S(=O)(=O)N[C@H](C)CCc1ccccc1. The predicted octanol–water partition coefficient (Wildman–Crippen LogP) is 0.671. The molecule has 7 nitrogen and oxygen atoms in total. The molecule has 0 spiro atoms. The topological polar surface area (TPSA) is 112 Å². The van der Waals surface area contributed by atoms with E-state index in [1.165, 1.54) is 6.92 Å². The molecule has 0 saturated heterocycles. The highest BCUT2D eigenvalue weighted by Crippen LogP contribution is 2.09. The van der Waals surface area contributed by atoms with Crippen LogP contribution in [0.4, 0.5) is 0 Å². The quantitative estimate of drug-likeness (QED) is 0.719.